The first-order valence-corrected chi connectivity index (χ1v) is 7.67. The van der Waals surface area contributed by atoms with Crippen molar-refractivity contribution in [1.29, 1.82) is 0 Å². The van der Waals surface area contributed by atoms with Crippen molar-refractivity contribution in [2.24, 2.45) is 0 Å². The monoisotopic (exact) mass is 296 g/mol. The van der Waals surface area contributed by atoms with E-state index in [-0.39, 0.29) is 5.97 Å². The number of benzene rings is 2. The molecule has 0 radical (unpaired) electrons. The molecule has 0 saturated carbocycles. The topological polar surface area (TPSA) is 35.5 Å². The number of hydrogen-bond acceptors (Lipinski definition) is 3. The lowest BCUT2D eigenvalue weighted by molar-refractivity contribution is 0.0600. The Morgan fingerprint density at radius 3 is 2.91 bits per heavy atom. The SMILES string of the molecule is COC(=O)c1cccc(OCCC2CCc3ccccc32)c1. The molecule has 114 valence electrons. The van der Waals surface area contributed by atoms with Gasteiger partial charge in [-0.2, -0.15) is 0 Å². The molecule has 0 heterocycles. The smallest absolute Gasteiger partial charge is 0.337 e. The van der Waals surface area contributed by atoms with Crippen molar-refractivity contribution in [1.82, 2.24) is 0 Å². The molecule has 22 heavy (non-hydrogen) atoms. The highest BCUT2D eigenvalue weighted by molar-refractivity contribution is 5.89. The maximum atomic E-state index is 11.5. The molecule has 0 saturated heterocycles. The Kier molecular flexibility index (Phi) is 4.42. The molecule has 1 atom stereocenters. The van der Waals surface area contributed by atoms with Crippen LogP contribution in [0.1, 0.15) is 40.2 Å². The van der Waals surface area contributed by atoms with Gasteiger partial charge in [-0.25, -0.2) is 4.79 Å². The van der Waals surface area contributed by atoms with Crippen LogP contribution in [0, 0.1) is 0 Å². The van der Waals surface area contributed by atoms with Gasteiger partial charge in [0.1, 0.15) is 5.75 Å². The minimum absolute atomic E-state index is 0.338. The predicted octanol–water partition coefficient (Wildman–Crippen LogP) is 3.97. The van der Waals surface area contributed by atoms with E-state index in [1.54, 1.807) is 12.1 Å². The van der Waals surface area contributed by atoms with Gasteiger partial charge in [0.25, 0.3) is 0 Å². The van der Waals surface area contributed by atoms with Gasteiger partial charge in [-0.05, 0) is 54.5 Å². The molecular weight excluding hydrogens is 276 g/mol. The number of methoxy groups -OCH3 is 1. The molecule has 3 nitrogen and oxygen atoms in total. The predicted molar refractivity (Wildman–Crippen MR) is 85.4 cm³/mol. The lowest BCUT2D eigenvalue weighted by Crippen LogP contribution is -2.05. The van der Waals surface area contributed by atoms with Crippen LogP contribution in [0.5, 0.6) is 5.75 Å². The van der Waals surface area contributed by atoms with Gasteiger partial charge in [0, 0.05) is 0 Å². The Morgan fingerprint density at radius 1 is 1.18 bits per heavy atom. The fourth-order valence-electron chi connectivity index (χ4n) is 3.09. The van der Waals surface area contributed by atoms with Crippen LogP contribution in [0.25, 0.3) is 0 Å². The van der Waals surface area contributed by atoms with Crippen LogP contribution in [0.4, 0.5) is 0 Å². The van der Waals surface area contributed by atoms with Crippen LogP contribution in [0.3, 0.4) is 0 Å². The molecule has 0 N–H and O–H groups in total. The number of hydrogen-bond donors (Lipinski definition) is 0. The number of fused-ring (bicyclic) bond motifs is 1. The first-order valence-electron chi connectivity index (χ1n) is 7.67. The molecule has 2 aromatic carbocycles. The summed E-state index contributed by atoms with van der Waals surface area (Å²) in [6.45, 7) is 0.656. The van der Waals surface area contributed by atoms with Gasteiger partial charge in [0.05, 0.1) is 19.3 Å². The van der Waals surface area contributed by atoms with Crippen LogP contribution in [0.2, 0.25) is 0 Å². The third-order valence-corrected chi connectivity index (χ3v) is 4.25. The molecule has 0 amide bonds. The first-order chi connectivity index (χ1) is 10.8. The Balaban J connectivity index is 1.57. The van der Waals surface area contributed by atoms with E-state index in [1.165, 1.54) is 31.1 Å². The van der Waals surface area contributed by atoms with Crippen molar-refractivity contribution in [3.63, 3.8) is 0 Å². The van der Waals surface area contributed by atoms with Gasteiger partial charge in [-0.1, -0.05) is 30.3 Å². The number of esters is 1. The summed E-state index contributed by atoms with van der Waals surface area (Å²) in [5, 5.41) is 0. The molecule has 0 spiro atoms. The van der Waals surface area contributed by atoms with E-state index in [2.05, 4.69) is 24.3 Å². The highest BCUT2D eigenvalue weighted by Crippen LogP contribution is 2.35. The summed E-state index contributed by atoms with van der Waals surface area (Å²) in [6.07, 6.45) is 3.36. The standard InChI is InChI=1S/C19H20O3/c1-21-19(20)16-6-4-7-17(13-16)22-12-11-15-10-9-14-5-2-3-8-18(14)15/h2-8,13,15H,9-12H2,1H3. The Morgan fingerprint density at radius 2 is 2.05 bits per heavy atom. The van der Waals surface area contributed by atoms with Gasteiger partial charge in [-0.3, -0.25) is 0 Å². The zero-order valence-electron chi connectivity index (χ0n) is 12.7. The molecule has 1 aliphatic rings. The first kappa shape index (κ1) is 14.6. The van der Waals surface area contributed by atoms with E-state index in [0.29, 0.717) is 23.8 Å². The van der Waals surface area contributed by atoms with E-state index in [4.69, 9.17) is 9.47 Å². The Hall–Kier alpha value is -2.29. The van der Waals surface area contributed by atoms with Gasteiger partial charge in [-0.15, -0.1) is 0 Å². The second kappa shape index (κ2) is 6.65. The van der Waals surface area contributed by atoms with E-state index < -0.39 is 0 Å². The Bertz CT molecular complexity index is 663. The van der Waals surface area contributed by atoms with E-state index in [9.17, 15) is 4.79 Å². The molecule has 3 rings (SSSR count). The number of carbonyl (C=O) groups excluding carboxylic acids is 1. The molecule has 0 aliphatic heterocycles. The third-order valence-electron chi connectivity index (χ3n) is 4.25. The lowest BCUT2D eigenvalue weighted by atomic mass is 9.98. The number of carbonyl (C=O) groups is 1. The summed E-state index contributed by atoms with van der Waals surface area (Å²) >= 11 is 0. The molecular formula is C19H20O3. The van der Waals surface area contributed by atoms with Crippen LogP contribution < -0.4 is 4.74 Å². The van der Waals surface area contributed by atoms with E-state index in [1.807, 2.05) is 12.1 Å². The second-order valence-corrected chi connectivity index (χ2v) is 5.59. The molecule has 1 aliphatic carbocycles. The maximum absolute atomic E-state index is 11.5. The molecule has 1 unspecified atom stereocenters. The highest BCUT2D eigenvalue weighted by Gasteiger charge is 2.21. The normalized spacial score (nSPS) is 16.1. The average molecular weight is 296 g/mol. The fraction of sp³-hybridized carbons (Fsp3) is 0.316. The van der Waals surface area contributed by atoms with Crippen molar-refractivity contribution in [3.8, 4) is 5.75 Å². The van der Waals surface area contributed by atoms with Crippen molar-refractivity contribution in [3.05, 3.63) is 65.2 Å². The summed E-state index contributed by atoms with van der Waals surface area (Å²) in [4.78, 5) is 11.5. The molecule has 3 heteroatoms. The largest absolute Gasteiger partial charge is 0.494 e. The van der Waals surface area contributed by atoms with E-state index >= 15 is 0 Å². The third kappa shape index (κ3) is 3.14. The van der Waals surface area contributed by atoms with Crippen molar-refractivity contribution < 1.29 is 14.3 Å². The summed E-state index contributed by atoms with van der Waals surface area (Å²) in [5.41, 5.74) is 3.46. The zero-order valence-corrected chi connectivity index (χ0v) is 12.7. The van der Waals surface area contributed by atoms with Crippen molar-refractivity contribution in [2.45, 2.75) is 25.2 Å². The highest BCUT2D eigenvalue weighted by atomic mass is 16.5. The number of ether oxygens (including phenoxy) is 2. The molecule has 0 fully saturated rings. The summed E-state index contributed by atoms with van der Waals surface area (Å²) in [6, 6.07) is 15.8. The Labute approximate surface area is 130 Å². The molecule has 0 aromatic heterocycles. The van der Waals surface area contributed by atoms with Crippen molar-refractivity contribution >= 4 is 5.97 Å². The quantitative estimate of drug-likeness (QED) is 0.783. The van der Waals surface area contributed by atoms with Gasteiger partial charge in [0.15, 0.2) is 0 Å². The molecule has 0 bridgehead atoms. The summed E-state index contributed by atoms with van der Waals surface area (Å²) in [5.74, 6) is 0.962. The van der Waals surface area contributed by atoms with Gasteiger partial charge >= 0.3 is 5.97 Å². The van der Waals surface area contributed by atoms with Crippen LogP contribution in [-0.2, 0) is 11.2 Å². The summed E-state index contributed by atoms with van der Waals surface area (Å²) < 4.78 is 10.5. The lowest BCUT2D eigenvalue weighted by Gasteiger charge is -2.13. The minimum atomic E-state index is -0.338. The van der Waals surface area contributed by atoms with Crippen LogP contribution in [0.15, 0.2) is 48.5 Å². The van der Waals surface area contributed by atoms with Crippen LogP contribution >= 0.6 is 0 Å². The van der Waals surface area contributed by atoms with Crippen LogP contribution in [-0.4, -0.2) is 19.7 Å². The maximum Gasteiger partial charge on any atom is 0.337 e. The minimum Gasteiger partial charge on any atom is -0.494 e. The van der Waals surface area contributed by atoms with Crippen molar-refractivity contribution in [2.75, 3.05) is 13.7 Å². The van der Waals surface area contributed by atoms with E-state index in [0.717, 1.165) is 6.42 Å². The number of rotatable bonds is 5. The van der Waals surface area contributed by atoms with Gasteiger partial charge in [0.2, 0.25) is 0 Å². The summed E-state index contributed by atoms with van der Waals surface area (Å²) in [7, 11) is 1.38. The van der Waals surface area contributed by atoms with Gasteiger partial charge < -0.3 is 9.47 Å². The second-order valence-electron chi connectivity index (χ2n) is 5.59. The zero-order chi connectivity index (χ0) is 15.4. The molecule has 2 aromatic rings. The fourth-order valence-corrected chi connectivity index (χ4v) is 3.09. The number of aryl methyl sites for hydroxylation is 1. The average Bonchev–Trinajstić information content (AvgIpc) is 2.98.